The van der Waals surface area contributed by atoms with Crippen molar-refractivity contribution >= 4 is 63.2 Å². The van der Waals surface area contributed by atoms with Gasteiger partial charge in [-0.2, -0.15) is 0 Å². The number of nitrogens with zero attached hydrogens (tertiary/aromatic N) is 1. The van der Waals surface area contributed by atoms with Crippen molar-refractivity contribution in [3.05, 3.63) is 55.0 Å². The fourth-order valence-corrected chi connectivity index (χ4v) is 4.62. The third kappa shape index (κ3) is 3.68. The third-order valence-corrected chi connectivity index (χ3v) is 6.32. The predicted molar refractivity (Wildman–Crippen MR) is 115 cm³/mol. The van der Waals surface area contributed by atoms with Crippen molar-refractivity contribution in [1.82, 2.24) is 4.90 Å². The van der Waals surface area contributed by atoms with Crippen LogP contribution in [0.4, 0.5) is 4.79 Å². The maximum atomic E-state index is 12.8. The van der Waals surface area contributed by atoms with Crippen LogP contribution in [-0.2, 0) is 11.3 Å². The average Bonchev–Trinajstić information content (AvgIpc) is 3.21. The highest BCUT2D eigenvalue weighted by Crippen LogP contribution is 2.39. The highest BCUT2D eigenvalue weighted by atomic mass is 127. The number of rotatable bonds is 4. The molecule has 0 unspecified atom stereocenters. The molecule has 4 rings (SSSR count). The molecule has 2 aliphatic rings. The molecule has 0 N–H and O–H groups in total. The molecule has 0 saturated carbocycles. The summed E-state index contributed by atoms with van der Waals surface area (Å²) in [5.74, 6) is 1.50. The Kier molecular flexibility index (Phi) is 5.44. The number of imide groups is 1. The van der Waals surface area contributed by atoms with Crippen LogP contribution in [0.2, 0.25) is 5.02 Å². The highest BCUT2D eigenvalue weighted by molar-refractivity contribution is 14.1. The lowest BCUT2D eigenvalue weighted by Crippen LogP contribution is -2.27. The summed E-state index contributed by atoms with van der Waals surface area (Å²) in [7, 11) is 1.60. The number of halogens is 2. The largest absolute Gasteiger partial charge is 0.496 e. The fourth-order valence-electron chi connectivity index (χ4n) is 2.81. The maximum Gasteiger partial charge on any atom is 0.293 e. The Balaban J connectivity index is 1.57. The van der Waals surface area contributed by atoms with E-state index in [1.807, 2.05) is 18.2 Å². The molecule has 0 aromatic heterocycles. The van der Waals surface area contributed by atoms with Gasteiger partial charge >= 0.3 is 0 Å². The van der Waals surface area contributed by atoms with E-state index in [1.165, 1.54) is 4.90 Å². The van der Waals surface area contributed by atoms with E-state index in [1.54, 1.807) is 25.3 Å². The quantitative estimate of drug-likeness (QED) is 0.414. The van der Waals surface area contributed by atoms with Crippen LogP contribution in [0, 0.1) is 3.57 Å². The molecule has 2 heterocycles. The summed E-state index contributed by atoms with van der Waals surface area (Å²) in [6.45, 7) is 0.192. The molecule has 28 heavy (non-hydrogen) atoms. The van der Waals surface area contributed by atoms with E-state index in [0.717, 1.165) is 26.6 Å². The van der Waals surface area contributed by atoms with E-state index in [4.69, 9.17) is 25.8 Å². The Bertz CT molecular complexity index is 1030. The molecule has 6 nitrogen and oxygen atoms in total. The normalized spacial score (nSPS) is 17.0. The number of amides is 2. The van der Waals surface area contributed by atoms with E-state index in [0.29, 0.717) is 27.0 Å². The summed E-state index contributed by atoms with van der Waals surface area (Å²) >= 11 is 9.34. The third-order valence-electron chi connectivity index (χ3n) is 4.22. The van der Waals surface area contributed by atoms with Crippen LogP contribution in [0.25, 0.3) is 6.08 Å². The van der Waals surface area contributed by atoms with Gasteiger partial charge in [-0.25, -0.2) is 0 Å². The summed E-state index contributed by atoms with van der Waals surface area (Å²) in [4.78, 5) is 26.7. The van der Waals surface area contributed by atoms with Gasteiger partial charge in [0.25, 0.3) is 11.1 Å². The number of carbonyl (C=O) groups excluding carboxylic acids is 2. The van der Waals surface area contributed by atoms with Gasteiger partial charge in [-0.15, -0.1) is 0 Å². The highest BCUT2D eigenvalue weighted by Gasteiger charge is 2.35. The number of hydrogen-bond acceptors (Lipinski definition) is 6. The van der Waals surface area contributed by atoms with Gasteiger partial charge in [0, 0.05) is 11.1 Å². The lowest BCUT2D eigenvalue weighted by molar-refractivity contribution is -0.123. The minimum atomic E-state index is -0.352. The second-order valence-electron chi connectivity index (χ2n) is 5.96. The van der Waals surface area contributed by atoms with E-state index < -0.39 is 0 Å². The first-order valence-electron chi connectivity index (χ1n) is 8.13. The Morgan fingerprint density at radius 2 is 2.00 bits per heavy atom. The number of methoxy groups -OCH3 is 1. The van der Waals surface area contributed by atoms with E-state index in [9.17, 15) is 9.59 Å². The first-order valence-corrected chi connectivity index (χ1v) is 10.4. The molecular weight excluding hydrogens is 517 g/mol. The number of ether oxygens (including phenoxy) is 3. The monoisotopic (exact) mass is 529 g/mol. The van der Waals surface area contributed by atoms with Crippen LogP contribution in [0.15, 0.2) is 35.2 Å². The Hall–Kier alpha value is -1.91. The fraction of sp³-hybridized carbons (Fsp3) is 0.158. The zero-order valence-electron chi connectivity index (χ0n) is 14.5. The van der Waals surface area contributed by atoms with Gasteiger partial charge in [0.15, 0.2) is 11.5 Å². The molecule has 0 atom stereocenters. The average molecular weight is 530 g/mol. The minimum Gasteiger partial charge on any atom is -0.496 e. The molecule has 0 radical (unpaired) electrons. The van der Waals surface area contributed by atoms with Crippen molar-refractivity contribution in [2.75, 3.05) is 13.9 Å². The Morgan fingerprint density at radius 3 is 2.71 bits per heavy atom. The Labute approximate surface area is 183 Å². The second-order valence-corrected chi connectivity index (χ2v) is 8.52. The van der Waals surface area contributed by atoms with Crippen LogP contribution in [0.3, 0.4) is 0 Å². The van der Waals surface area contributed by atoms with Crippen molar-refractivity contribution in [2.24, 2.45) is 0 Å². The van der Waals surface area contributed by atoms with Gasteiger partial charge < -0.3 is 14.2 Å². The van der Waals surface area contributed by atoms with Gasteiger partial charge in [0.05, 0.1) is 22.1 Å². The number of benzene rings is 2. The molecule has 9 heteroatoms. The molecule has 1 saturated heterocycles. The number of thioether (sulfide) groups is 1. The van der Waals surface area contributed by atoms with Crippen LogP contribution < -0.4 is 14.2 Å². The SMILES string of the molecule is COc1ccc(/C=C2\SC(=O)N(Cc3cc4c(cc3Cl)OCO4)C2=O)cc1I. The van der Waals surface area contributed by atoms with Crippen LogP contribution in [0.5, 0.6) is 17.2 Å². The van der Waals surface area contributed by atoms with E-state index in [2.05, 4.69) is 22.6 Å². The summed E-state index contributed by atoms with van der Waals surface area (Å²) in [6, 6.07) is 8.88. The molecule has 0 spiro atoms. The molecule has 2 aliphatic heterocycles. The smallest absolute Gasteiger partial charge is 0.293 e. The van der Waals surface area contributed by atoms with Gasteiger partial charge in [0.1, 0.15) is 5.75 Å². The number of fused-ring (bicyclic) bond motifs is 1. The van der Waals surface area contributed by atoms with Crippen molar-refractivity contribution in [3.63, 3.8) is 0 Å². The topological polar surface area (TPSA) is 65.1 Å². The Morgan fingerprint density at radius 1 is 1.25 bits per heavy atom. The molecule has 2 aromatic carbocycles. The van der Waals surface area contributed by atoms with Gasteiger partial charge in [-0.3, -0.25) is 14.5 Å². The summed E-state index contributed by atoms with van der Waals surface area (Å²) in [5, 5.41) is 0.0742. The van der Waals surface area contributed by atoms with Crippen LogP contribution >= 0.6 is 46.0 Å². The van der Waals surface area contributed by atoms with Crippen LogP contribution in [-0.4, -0.2) is 29.9 Å². The minimum absolute atomic E-state index is 0.0671. The van der Waals surface area contributed by atoms with E-state index >= 15 is 0 Å². The van der Waals surface area contributed by atoms with Crippen molar-refractivity contribution in [1.29, 1.82) is 0 Å². The van der Waals surface area contributed by atoms with Gasteiger partial charge in [-0.1, -0.05) is 17.7 Å². The van der Waals surface area contributed by atoms with Gasteiger partial charge in [0.2, 0.25) is 6.79 Å². The predicted octanol–water partition coefficient (Wildman–Crippen LogP) is 4.92. The standard InChI is InChI=1S/C19H13ClINO5S/c1-25-14-3-2-10(4-13(14)21)5-17-18(23)22(19(24)28-17)8-11-6-15-16(7-12(11)20)27-9-26-15/h2-7H,8-9H2,1H3/b17-5-. The van der Waals surface area contributed by atoms with Crippen molar-refractivity contribution in [2.45, 2.75) is 6.54 Å². The maximum absolute atomic E-state index is 12.8. The van der Waals surface area contributed by atoms with E-state index in [-0.39, 0.29) is 24.5 Å². The zero-order chi connectivity index (χ0) is 19.8. The van der Waals surface area contributed by atoms with Crippen molar-refractivity contribution < 1.29 is 23.8 Å². The molecule has 144 valence electrons. The van der Waals surface area contributed by atoms with Crippen LogP contribution in [0.1, 0.15) is 11.1 Å². The summed E-state index contributed by atoms with van der Waals surface area (Å²) < 4.78 is 16.8. The number of carbonyl (C=O) groups is 2. The molecule has 0 bridgehead atoms. The molecule has 1 fully saturated rings. The lowest BCUT2D eigenvalue weighted by atomic mass is 10.1. The summed E-state index contributed by atoms with van der Waals surface area (Å²) in [6.07, 6.45) is 1.70. The molecule has 2 amide bonds. The summed E-state index contributed by atoms with van der Waals surface area (Å²) in [5.41, 5.74) is 1.44. The lowest BCUT2D eigenvalue weighted by Gasteiger charge is -2.14. The zero-order valence-corrected chi connectivity index (χ0v) is 18.3. The molecule has 0 aliphatic carbocycles. The second kappa shape index (κ2) is 7.84. The number of hydrogen-bond donors (Lipinski definition) is 0. The van der Waals surface area contributed by atoms with Gasteiger partial charge in [-0.05, 0) is 69.8 Å². The first-order chi connectivity index (χ1) is 13.5. The van der Waals surface area contributed by atoms with Crippen molar-refractivity contribution in [3.8, 4) is 17.2 Å². The first kappa shape index (κ1) is 19.4. The molecular formula is C19H13ClINO5S. The molecule has 2 aromatic rings.